The largest absolute Gasteiger partial charge is 0.475 e. The molecular formula is C23H40N3O3S+. The van der Waals surface area contributed by atoms with Gasteiger partial charge in [-0.25, -0.2) is 0 Å². The summed E-state index contributed by atoms with van der Waals surface area (Å²) in [4.78, 5) is 12.6. The number of ether oxygens (including phenoxy) is 2. The molecule has 1 aliphatic heterocycles. The summed E-state index contributed by atoms with van der Waals surface area (Å²) in [5.74, 6) is 0.704. The summed E-state index contributed by atoms with van der Waals surface area (Å²) in [5.41, 5.74) is 1.47. The molecule has 6 nitrogen and oxygen atoms in total. The highest BCUT2D eigenvalue weighted by Crippen LogP contribution is 2.34. The maximum absolute atomic E-state index is 12.6. The SMILES string of the molecule is CCCCCCOc1nsnc1C1=CCC[N+](C)(C(OC(=O)C(C)(C)C)C(C)C)C1. The molecule has 0 saturated carbocycles. The van der Waals surface area contributed by atoms with Crippen LogP contribution in [0.4, 0.5) is 0 Å². The van der Waals surface area contributed by atoms with E-state index in [-0.39, 0.29) is 18.1 Å². The van der Waals surface area contributed by atoms with Gasteiger partial charge < -0.3 is 9.47 Å². The zero-order chi connectivity index (χ0) is 22.4. The summed E-state index contributed by atoms with van der Waals surface area (Å²) in [6.45, 7) is 14.5. The minimum Gasteiger partial charge on any atom is -0.475 e. The number of rotatable bonds is 10. The molecule has 0 aliphatic carbocycles. The van der Waals surface area contributed by atoms with E-state index in [4.69, 9.17) is 9.47 Å². The molecule has 0 bridgehead atoms. The molecule has 0 amide bonds. The molecule has 0 N–H and O–H groups in total. The molecule has 2 unspecified atom stereocenters. The molecule has 0 spiro atoms. The van der Waals surface area contributed by atoms with E-state index >= 15 is 0 Å². The van der Waals surface area contributed by atoms with Crippen LogP contribution < -0.4 is 4.74 Å². The molecule has 0 saturated heterocycles. The zero-order valence-corrected chi connectivity index (χ0v) is 20.7. The summed E-state index contributed by atoms with van der Waals surface area (Å²) in [7, 11) is 2.18. The number of esters is 1. The van der Waals surface area contributed by atoms with E-state index in [0.29, 0.717) is 17.0 Å². The topological polar surface area (TPSA) is 61.3 Å². The van der Waals surface area contributed by atoms with Gasteiger partial charge >= 0.3 is 5.97 Å². The predicted octanol–water partition coefficient (Wildman–Crippen LogP) is 5.30. The Morgan fingerprint density at radius 1 is 1.23 bits per heavy atom. The smallest absolute Gasteiger partial charge is 0.315 e. The maximum Gasteiger partial charge on any atom is 0.315 e. The first kappa shape index (κ1) is 24.8. The molecule has 1 aliphatic rings. The van der Waals surface area contributed by atoms with Crippen molar-refractivity contribution in [3.05, 3.63) is 11.8 Å². The van der Waals surface area contributed by atoms with Crippen molar-refractivity contribution in [3.8, 4) is 5.88 Å². The summed E-state index contributed by atoms with van der Waals surface area (Å²) in [6.07, 6.45) is 7.61. The first-order chi connectivity index (χ1) is 14.1. The second-order valence-corrected chi connectivity index (χ2v) is 10.5. The van der Waals surface area contributed by atoms with Gasteiger partial charge in [-0.2, -0.15) is 4.37 Å². The number of nitrogens with zero attached hydrogens (tertiary/aromatic N) is 3. The van der Waals surface area contributed by atoms with Crippen LogP contribution in [0.1, 0.15) is 79.3 Å². The van der Waals surface area contributed by atoms with Crippen molar-refractivity contribution in [2.45, 2.75) is 79.9 Å². The van der Waals surface area contributed by atoms with E-state index in [1.807, 2.05) is 20.8 Å². The van der Waals surface area contributed by atoms with E-state index in [9.17, 15) is 4.79 Å². The van der Waals surface area contributed by atoms with Gasteiger partial charge in [0.1, 0.15) is 12.2 Å². The molecule has 0 fully saturated rings. The maximum atomic E-state index is 12.6. The minimum atomic E-state index is -0.516. The lowest BCUT2D eigenvalue weighted by Gasteiger charge is -2.44. The van der Waals surface area contributed by atoms with Crippen molar-refractivity contribution in [1.82, 2.24) is 8.75 Å². The lowest BCUT2D eigenvalue weighted by Crippen LogP contribution is -2.59. The predicted molar refractivity (Wildman–Crippen MR) is 122 cm³/mol. The highest BCUT2D eigenvalue weighted by atomic mass is 32.1. The van der Waals surface area contributed by atoms with Gasteiger partial charge in [0.25, 0.3) is 5.88 Å². The first-order valence-corrected chi connectivity index (χ1v) is 12.0. The fourth-order valence-corrected chi connectivity index (χ4v) is 4.42. The Kier molecular flexibility index (Phi) is 8.85. The van der Waals surface area contributed by atoms with Crippen molar-refractivity contribution in [2.75, 3.05) is 26.7 Å². The van der Waals surface area contributed by atoms with Crippen molar-refractivity contribution in [3.63, 3.8) is 0 Å². The van der Waals surface area contributed by atoms with E-state index in [1.165, 1.54) is 31.0 Å². The number of quaternary nitrogens is 1. The van der Waals surface area contributed by atoms with Gasteiger partial charge in [-0.15, -0.1) is 4.37 Å². The van der Waals surface area contributed by atoms with Crippen LogP contribution in [0.3, 0.4) is 0 Å². The Morgan fingerprint density at radius 3 is 2.60 bits per heavy atom. The number of carbonyl (C=O) groups excluding carboxylic acids is 1. The molecule has 1 aromatic heterocycles. The summed E-state index contributed by atoms with van der Waals surface area (Å²) < 4.78 is 21.6. The number of hydrogen-bond donors (Lipinski definition) is 0. The third-order valence-electron chi connectivity index (χ3n) is 5.59. The zero-order valence-electron chi connectivity index (χ0n) is 19.9. The van der Waals surface area contributed by atoms with Crippen molar-refractivity contribution >= 4 is 23.3 Å². The van der Waals surface area contributed by atoms with E-state index in [2.05, 4.69) is 42.6 Å². The van der Waals surface area contributed by atoms with Gasteiger partial charge in [-0.05, 0) is 27.2 Å². The number of aromatic nitrogens is 2. The molecule has 2 atom stereocenters. The number of hydrogen-bond acceptors (Lipinski definition) is 6. The Morgan fingerprint density at radius 2 is 1.97 bits per heavy atom. The minimum absolute atomic E-state index is 0.150. The van der Waals surface area contributed by atoms with Crippen LogP contribution in [0.5, 0.6) is 5.88 Å². The van der Waals surface area contributed by atoms with Crippen LogP contribution in [0.15, 0.2) is 6.08 Å². The van der Waals surface area contributed by atoms with Crippen LogP contribution in [-0.2, 0) is 9.53 Å². The van der Waals surface area contributed by atoms with Gasteiger partial charge in [0, 0.05) is 17.9 Å². The molecule has 0 aromatic carbocycles. The van der Waals surface area contributed by atoms with E-state index in [0.717, 1.165) is 37.2 Å². The highest BCUT2D eigenvalue weighted by Gasteiger charge is 2.42. The van der Waals surface area contributed by atoms with Crippen LogP contribution in [0.2, 0.25) is 0 Å². The molecule has 2 rings (SSSR count). The van der Waals surface area contributed by atoms with Crippen molar-refractivity contribution < 1.29 is 18.8 Å². The van der Waals surface area contributed by atoms with E-state index in [1.54, 1.807) is 0 Å². The molecular weight excluding hydrogens is 398 g/mol. The molecule has 2 heterocycles. The first-order valence-electron chi connectivity index (χ1n) is 11.3. The van der Waals surface area contributed by atoms with Crippen LogP contribution in [0, 0.1) is 11.3 Å². The second-order valence-electron chi connectivity index (χ2n) is 10.00. The molecule has 7 heteroatoms. The molecule has 0 radical (unpaired) electrons. The molecule has 170 valence electrons. The second kappa shape index (κ2) is 10.7. The quantitative estimate of drug-likeness (QED) is 0.282. The van der Waals surface area contributed by atoms with Crippen molar-refractivity contribution in [2.24, 2.45) is 11.3 Å². The lowest BCUT2D eigenvalue weighted by atomic mass is 9.96. The Bertz CT molecular complexity index is 724. The van der Waals surface area contributed by atoms with E-state index < -0.39 is 5.41 Å². The van der Waals surface area contributed by atoms with Gasteiger partial charge in [-0.3, -0.25) is 9.28 Å². The van der Waals surface area contributed by atoms with Crippen molar-refractivity contribution in [1.29, 1.82) is 0 Å². The number of likely N-dealkylation sites (N-methyl/N-ethyl adjacent to an activating group) is 1. The van der Waals surface area contributed by atoms with Crippen LogP contribution in [0.25, 0.3) is 5.57 Å². The lowest BCUT2D eigenvalue weighted by molar-refractivity contribution is -0.950. The Balaban J connectivity index is 2.12. The van der Waals surface area contributed by atoms with Gasteiger partial charge in [0.15, 0.2) is 0 Å². The van der Waals surface area contributed by atoms with Crippen LogP contribution >= 0.6 is 11.7 Å². The monoisotopic (exact) mass is 438 g/mol. The molecule has 1 aromatic rings. The number of carbonyl (C=O) groups is 1. The van der Waals surface area contributed by atoms with Gasteiger partial charge in [0.05, 0.1) is 37.3 Å². The standard InChI is InChI=1S/C23H40N3O3S/c1-8-9-10-11-15-28-20-19(24-30-25-20)18-13-12-14-26(7,16-18)21(17(2)3)29-22(27)23(4,5)6/h13,17,21H,8-12,14-16H2,1-7H3/q+1. The summed E-state index contributed by atoms with van der Waals surface area (Å²) in [5, 5.41) is 0. The average molecular weight is 439 g/mol. The fraction of sp³-hybridized carbons (Fsp3) is 0.783. The number of unbranched alkanes of at least 4 members (excludes halogenated alkanes) is 3. The Hall–Kier alpha value is -1.47. The van der Waals surface area contributed by atoms with Gasteiger partial charge in [0.2, 0.25) is 6.23 Å². The van der Waals surface area contributed by atoms with Gasteiger partial charge in [-0.1, -0.05) is 46.1 Å². The molecule has 30 heavy (non-hydrogen) atoms. The third kappa shape index (κ3) is 6.51. The Labute approximate surface area is 186 Å². The highest BCUT2D eigenvalue weighted by molar-refractivity contribution is 6.99. The summed E-state index contributed by atoms with van der Waals surface area (Å²) >= 11 is 1.20. The van der Waals surface area contributed by atoms with Crippen LogP contribution in [-0.4, -0.2) is 52.2 Å². The average Bonchev–Trinajstić information content (AvgIpc) is 3.13. The fourth-order valence-electron chi connectivity index (χ4n) is 3.89. The summed E-state index contributed by atoms with van der Waals surface area (Å²) in [6, 6.07) is 0. The normalized spacial score (nSPS) is 20.7. The third-order valence-corrected chi connectivity index (χ3v) is 6.10.